The second kappa shape index (κ2) is 16.2. The first kappa shape index (κ1) is 35.9. The van der Waals surface area contributed by atoms with E-state index in [1.54, 1.807) is 24.8 Å². The molecular formula is C50H32N10. The van der Waals surface area contributed by atoms with Crippen molar-refractivity contribution in [3.05, 3.63) is 195 Å². The summed E-state index contributed by atoms with van der Waals surface area (Å²) in [5.74, 6) is 0. The van der Waals surface area contributed by atoms with Crippen LogP contribution >= 0.6 is 0 Å². The molecule has 0 fully saturated rings. The topological polar surface area (TPSA) is 129 Å². The largest absolute Gasteiger partial charge is 0.255 e. The van der Waals surface area contributed by atoms with Crippen LogP contribution in [-0.4, -0.2) is 49.8 Å². The molecule has 0 N–H and O–H groups in total. The minimum absolute atomic E-state index is 0.663. The minimum atomic E-state index is 0.663. The molecule has 10 aromatic rings. The van der Waals surface area contributed by atoms with Gasteiger partial charge in [-0.05, 0) is 132 Å². The van der Waals surface area contributed by atoms with Crippen LogP contribution in [0.25, 0.3) is 102 Å². The lowest BCUT2D eigenvalue weighted by Gasteiger charge is -2.14. The fourth-order valence-corrected chi connectivity index (χ4v) is 6.86. The average molecular weight is 773 g/mol. The summed E-state index contributed by atoms with van der Waals surface area (Å²) < 4.78 is 0. The van der Waals surface area contributed by atoms with Crippen LogP contribution in [0, 0.1) is 0 Å². The lowest BCUT2D eigenvalue weighted by atomic mass is 10.00. The number of hydrogen-bond acceptors (Lipinski definition) is 10. The van der Waals surface area contributed by atoms with Crippen LogP contribution in [0.1, 0.15) is 0 Å². The molecule has 60 heavy (non-hydrogen) atoms. The lowest BCUT2D eigenvalue weighted by Crippen LogP contribution is -1.99. The predicted molar refractivity (Wildman–Crippen MR) is 233 cm³/mol. The molecular weight excluding hydrogens is 741 g/mol. The maximum atomic E-state index is 5.20. The summed E-state index contributed by atoms with van der Waals surface area (Å²) in [5.41, 5.74) is 13.2. The summed E-state index contributed by atoms with van der Waals surface area (Å²) in [6.07, 6.45) is 7.06. The third kappa shape index (κ3) is 7.63. The summed E-state index contributed by atoms with van der Waals surface area (Å²) in [7, 11) is 0. The van der Waals surface area contributed by atoms with Gasteiger partial charge in [-0.15, -0.1) is 0 Å². The fourth-order valence-electron chi connectivity index (χ4n) is 6.86. The van der Waals surface area contributed by atoms with Gasteiger partial charge in [-0.1, -0.05) is 48.5 Å². The van der Waals surface area contributed by atoms with Gasteiger partial charge < -0.3 is 0 Å². The Morgan fingerprint density at radius 2 is 0.383 bits per heavy atom. The van der Waals surface area contributed by atoms with Crippen molar-refractivity contribution in [2.45, 2.75) is 0 Å². The molecule has 10 rings (SSSR count). The number of pyridine rings is 10. The number of rotatable bonds is 9. The van der Waals surface area contributed by atoms with Crippen molar-refractivity contribution in [2.24, 2.45) is 0 Å². The molecule has 10 aromatic heterocycles. The Kier molecular flexibility index (Phi) is 9.67. The number of nitrogens with zero attached hydrogens (tertiary/aromatic N) is 10. The van der Waals surface area contributed by atoms with Crippen molar-refractivity contribution < 1.29 is 0 Å². The maximum Gasteiger partial charge on any atom is 0.0900 e. The molecule has 10 nitrogen and oxygen atoms in total. The van der Waals surface area contributed by atoms with Crippen molar-refractivity contribution in [1.82, 2.24) is 49.8 Å². The van der Waals surface area contributed by atoms with Gasteiger partial charge in [0.15, 0.2) is 0 Å². The molecule has 282 valence electrons. The summed E-state index contributed by atoms with van der Waals surface area (Å²) in [6.45, 7) is 0. The van der Waals surface area contributed by atoms with E-state index in [2.05, 4.69) is 44.2 Å². The molecule has 10 heteroatoms. The van der Waals surface area contributed by atoms with E-state index < -0.39 is 0 Å². The van der Waals surface area contributed by atoms with Crippen molar-refractivity contribution in [3.63, 3.8) is 0 Å². The van der Waals surface area contributed by atoms with Crippen molar-refractivity contribution in [1.29, 1.82) is 0 Å². The SMILES string of the molecule is c1ccc(-c2cccc(-c3cc(-c4cc(-c5cccc(-c6ccccn6)n5)nc(-c5cccc(-c6ccccn6)n5)c4)cc(-c4cccc(-c5ccccn5)n4)n3)n2)nc1. The first-order chi connectivity index (χ1) is 29.7. The average Bonchev–Trinajstić information content (AvgIpc) is 3.35. The fraction of sp³-hybridized carbons (Fsp3) is 0. The molecule has 0 amide bonds. The van der Waals surface area contributed by atoms with Crippen LogP contribution < -0.4 is 0 Å². The van der Waals surface area contributed by atoms with E-state index in [4.69, 9.17) is 29.9 Å². The summed E-state index contributed by atoms with van der Waals surface area (Å²) in [4.78, 5) is 48.8. The van der Waals surface area contributed by atoms with E-state index in [1.165, 1.54) is 0 Å². The highest BCUT2D eigenvalue weighted by Gasteiger charge is 2.17. The molecule has 0 saturated heterocycles. The van der Waals surface area contributed by atoms with Gasteiger partial charge in [0.25, 0.3) is 0 Å². The van der Waals surface area contributed by atoms with E-state index in [0.717, 1.165) is 56.7 Å². The standard InChI is InChI=1S/C50H32N10/c1-5-25-51-35(13-1)39-17-9-21-43(55-39)47-29-33(30-48(59-47)44-22-10-18-40(56-44)36-14-2-6-26-52-36)34-31-49(45-23-11-19-41(57-45)37-15-3-7-27-53-37)60-50(32-34)46-24-12-20-42(58-46)38-16-4-8-28-54-38/h1-32H. The third-order valence-electron chi connectivity index (χ3n) is 9.74. The minimum Gasteiger partial charge on any atom is -0.255 e. The zero-order chi connectivity index (χ0) is 40.1. The first-order valence-electron chi connectivity index (χ1n) is 19.3. The van der Waals surface area contributed by atoms with E-state index in [9.17, 15) is 0 Å². The smallest absolute Gasteiger partial charge is 0.0900 e. The monoisotopic (exact) mass is 772 g/mol. The van der Waals surface area contributed by atoms with Gasteiger partial charge in [0.05, 0.1) is 91.1 Å². The number of hydrogen-bond donors (Lipinski definition) is 0. The summed E-state index contributed by atoms with van der Waals surface area (Å²) >= 11 is 0. The first-order valence-corrected chi connectivity index (χ1v) is 19.3. The molecule has 0 spiro atoms. The van der Waals surface area contributed by atoms with E-state index in [1.807, 2.05) is 146 Å². The van der Waals surface area contributed by atoms with E-state index in [0.29, 0.717) is 45.6 Å². The van der Waals surface area contributed by atoms with Gasteiger partial charge >= 0.3 is 0 Å². The number of aromatic nitrogens is 10. The van der Waals surface area contributed by atoms with Crippen molar-refractivity contribution in [2.75, 3.05) is 0 Å². The molecule has 0 aliphatic rings. The quantitative estimate of drug-likeness (QED) is 0.140. The normalized spacial score (nSPS) is 11.0. The molecule has 0 aliphatic carbocycles. The van der Waals surface area contributed by atoms with Gasteiger partial charge in [0, 0.05) is 24.8 Å². The Labute approximate surface area is 345 Å². The van der Waals surface area contributed by atoms with Gasteiger partial charge in [0.1, 0.15) is 0 Å². The molecule has 0 unspecified atom stereocenters. The second-order valence-electron chi connectivity index (χ2n) is 13.7. The van der Waals surface area contributed by atoms with Crippen molar-refractivity contribution in [3.8, 4) is 102 Å². The Balaban J connectivity index is 1.17. The molecule has 0 aliphatic heterocycles. The third-order valence-corrected chi connectivity index (χ3v) is 9.74. The molecule has 0 saturated carbocycles. The molecule has 0 aromatic carbocycles. The van der Waals surface area contributed by atoms with Gasteiger partial charge in [-0.3, -0.25) is 19.9 Å². The molecule has 0 bridgehead atoms. The summed E-state index contributed by atoms with van der Waals surface area (Å²) in [5, 5.41) is 0. The van der Waals surface area contributed by atoms with Crippen LogP contribution in [0.5, 0.6) is 0 Å². The van der Waals surface area contributed by atoms with Crippen molar-refractivity contribution >= 4 is 0 Å². The van der Waals surface area contributed by atoms with Crippen LogP contribution in [-0.2, 0) is 0 Å². The van der Waals surface area contributed by atoms with E-state index in [-0.39, 0.29) is 0 Å². The molecule has 0 radical (unpaired) electrons. The lowest BCUT2D eigenvalue weighted by molar-refractivity contribution is 1.19. The Morgan fingerprint density at radius 1 is 0.183 bits per heavy atom. The highest BCUT2D eigenvalue weighted by Crippen LogP contribution is 2.35. The van der Waals surface area contributed by atoms with Crippen LogP contribution in [0.15, 0.2) is 195 Å². The van der Waals surface area contributed by atoms with Crippen LogP contribution in [0.2, 0.25) is 0 Å². The van der Waals surface area contributed by atoms with E-state index >= 15 is 0 Å². The zero-order valence-corrected chi connectivity index (χ0v) is 31.9. The van der Waals surface area contributed by atoms with Gasteiger partial charge in [-0.25, -0.2) is 29.9 Å². The summed E-state index contributed by atoms with van der Waals surface area (Å²) in [6, 6.07) is 54.9. The van der Waals surface area contributed by atoms with Gasteiger partial charge in [0.2, 0.25) is 0 Å². The highest BCUT2D eigenvalue weighted by molar-refractivity contribution is 5.81. The maximum absolute atomic E-state index is 5.20. The molecule has 0 atom stereocenters. The molecule has 10 heterocycles. The Hall–Kier alpha value is -8.50. The predicted octanol–water partition coefficient (Wildman–Crippen LogP) is 10.6. The van der Waals surface area contributed by atoms with Gasteiger partial charge in [-0.2, -0.15) is 0 Å². The second-order valence-corrected chi connectivity index (χ2v) is 13.7. The Bertz CT molecular complexity index is 2680. The Morgan fingerprint density at radius 3 is 0.600 bits per heavy atom. The highest BCUT2D eigenvalue weighted by atomic mass is 14.9. The van der Waals surface area contributed by atoms with Crippen LogP contribution in [0.4, 0.5) is 0 Å². The zero-order valence-electron chi connectivity index (χ0n) is 31.9. The van der Waals surface area contributed by atoms with Crippen LogP contribution in [0.3, 0.4) is 0 Å².